The number of carbonyl (C=O) groups is 1. The molecule has 2 heterocycles. The van der Waals surface area contributed by atoms with E-state index in [0.29, 0.717) is 0 Å². The molecule has 1 aliphatic rings. The number of hydrogen-bond donors (Lipinski definition) is 1. The standard InChI is InChI=1S/C8H8N2O4S/c1-4(11)7-9-6-3-15(13,14)2-5(6)8(12)10-7/h2-3H2,1H3,(H,9,10,12). The lowest BCUT2D eigenvalue weighted by Gasteiger charge is -1.98. The molecule has 2 rings (SSSR count). The number of nitrogens with one attached hydrogen (secondary N) is 1. The zero-order chi connectivity index (χ0) is 11.2. The van der Waals surface area contributed by atoms with E-state index >= 15 is 0 Å². The van der Waals surface area contributed by atoms with Gasteiger partial charge in [-0.15, -0.1) is 0 Å². The predicted molar refractivity (Wildman–Crippen MR) is 51.2 cm³/mol. The third-order valence-electron chi connectivity index (χ3n) is 2.16. The fourth-order valence-electron chi connectivity index (χ4n) is 1.46. The van der Waals surface area contributed by atoms with Crippen LogP contribution in [-0.2, 0) is 21.3 Å². The van der Waals surface area contributed by atoms with Gasteiger partial charge in [0.05, 0.1) is 22.8 Å². The van der Waals surface area contributed by atoms with Crippen molar-refractivity contribution in [2.75, 3.05) is 0 Å². The minimum atomic E-state index is -3.26. The maximum atomic E-state index is 11.4. The van der Waals surface area contributed by atoms with Crippen molar-refractivity contribution in [2.45, 2.75) is 18.4 Å². The van der Waals surface area contributed by atoms with Gasteiger partial charge in [-0.3, -0.25) is 9.59 Å². The molecule has 0 amide bonds. The number of H-pyrrole nitrogens is 1. The predicted octanol–water partition coefficient (Wildman–Crippen LogP) is -0.599. The highest BCUT2D eigenvalue weighted by molar-refractivity contribution is 7.90. The maximum Gasteiger partial charge on any atom is 0.255 e. The van der Waals surface area contributed by atoms with Gasteiger partial charge in [0.2, 0.25) is 0 Å². The topological polar surface area (TPSA) is 97.0 Å². The van der Waals surface area contributed by atoms with Gasteiger partial charge in [0.1, 0.15) is 0 Å². The molecule has 1 aliphatic heterocycles. The summed E-state index contributed by atoms with van der Waals surface area (Å²) in [5.74, 6) is -1.02. The Balaban J connectivity index is 2.67. The zero-order valence-corrected chi connectivity index (χ0v) is 8.72. The molecule has 1 aromatic rings. The Labute approximate surface area is 85.3 Å². The number of aromatic amines is 1. The van der Waals surface area contributed by atoms with Crippen molar-refractivity contribution >= 4 is 15.6 Å². The number of Topliss-reactive ketones (excluding diaryl/α,β-unsaturated/α-hetero) is 1. The molecule has 7 heteroatoms. The van der Waals surface area contributed by atoms with Gasteiger partial charge in [0.15, 0.2) is 21.4 Å². The molecule has 80 valence electrons. The number of aromatic nitrogens is 2. The van der Waals surface area contributed by atoms with Crippen LogP contribution in [0.2, 0.25) is 0 Å². The van der Waals surface area contributed by atoms with Crippen LogP contribution in [0.3, 0.4) is 0 Å². The van der Waals surface area contributed by atoms with Gasteiger partial charge < -0.3 is 4.98 Å². The third-order valence-corrected chi connectivity index (χ3v) is 3.60. The summed E-state index contributed by atoms with van der Waals surface area (Å²) in [6, 6.07) is 0. The number of sulfone groups is 1. The van der Waals surface area contributed by atoms with Crippen LogP contribution in [0.15, 0.2) is 4.79 Å². The second-order valence-electron chi connectivity index (χ2n) is 3.43. The number of fused-ring (bicyclic) bond motifs is 1. The Bertz CT molecular complexity index is 600. The third kappa shape index (κ3) is 1.70. The number of rotatable bonds is 1. The fraction of sp³-hybridized carbons (Fsp3) is 0.375. The molecular formula is C8H8N2O4S. The Kier molecular flexibility index (Phi) is 2.00. The molecule has 0 bridgehead atoms. The first-order valence-corrected chi connectivity index (χ1v) is 6.04. The summed E-state index contributed by atoms with van der Waals surface area (Å²) in [5.41, 5.74) is -0.185. The van der Waals surface area contributed by atoms with E-state index in [2.05, 4.69) is 9.97 Å². The Hall–Kier alpha value is -1.50. The number of nitrogens with zero attached hydrogens (tertiary/aromatic N) is 1. The van der Waals surface area contributed by atoms with E-state index in [9.17, 15) is 18.0 Å². The molecule has 0 atom stereocenters. The lowest BCUT2D eigenvalue weighted by molar-refractivity contribution is 0.100. The molecule has 0 spiro atoms. The van der Waals surface area contributed by atoms with Crippen LogP contribution in [0.25, 0.3) is 0 Å². The summed E-state index contributed by atoms with van der Waals surface area (Å²) in [6.07, 6.45) is 0. The normalized spacial score (nSPS) is 17.4. The molecular weight excluding hydrogens is 220 g/mol. The molecule has 15 heavy (non-hydrogen) atoms. The monoisotopic (exact) mass is 228 g/mol. The van der Waals surface area contributed by atoms with Crippen molar-refractivity contribution in [2.24, 2.45) is 0 Å². The van der Waals surface area contributed by atoms with Gasteiger partial charge in [-0.25, -0.2) is 13.4 Å². The first-order valence-electron chi connectivity index (χ1n) is 4.22. The van der Waals surface area contributed by atoms with Gasteiger partial charge in [0.25, 0.3) is 5.56 Å². The Morgan fingerprint density at radius 3 is 2.67 bits per heavy atom. The largest absolute Gasteiger partial charge is 0.304 e. The van der Waals surface area contributed by atoms with E-state index < -0.39 is 15.4 Å². The summed E-state index contributed by atoms with van der Waals surface area (Å²) < 4.78 is 22.5. The summed E-state index contributed by atoms with van der Waals surface area (Å²) >= 11 is 0. The highest BCUT2D eigenvalue weighted by atomic mass is 32.2. The number of ketones is 1. The first-order chi connectivity index (χ1) is 6.89. The van der Waals surface area contributed by atoms with Gasteiger partial charge in [0, 0.05) is 6.92 Å². The molecule has 0 aliphatic carbocycles. The highest BCUT2D eigenvalue weighted by Crippen LogP contribution is 2.19. The summed E-state index contributed by atoms with van der Waals surface area (Å²) in [4.78, 5) is 28.5. The number of hydrogen-bond acceptors (Lipinski definition) is 5. The van der Waals surface area contributed by atoms with Crippen molar-refractivity contribution in [3.8, 4) is 0 Å². The molecule has 0 unspecified atom stereocenters. The van der Waals surface area contributed by atoms with Crippen molar-refractivity contribution < 1.29 is 13.2 Å². The lowest BCUT2D eigenvalue weighted by atomic mass is 10.2. The van der Waals surface area contributed by atoms with Crippen LogP contribution < -0.4 is 5.56 Å². The SMILES string of the molecule is CC(=O)c1nc2c(c(=O)[nH]1)CS(=O)(=O)C2. The van der Waals surface area contributed by atoms with E-state index in [1.165, 1.54) is 6.92 Å². The molecule has 0 aromatic carbocycles. The van der Waals surface area contributed by atoms with Gasteiger partial charge in [-0.1, -0.05) is 0 Å². The minimum Gasteiger partial charge on any atom is -0.304 e. The summed E-state index contributed by atoms with van der Waals surface area (Å²) in [5, 5.41) is 0. The average molecular weight is 228 g/mol. The first kappa shape index (κ1) is 10.0. The molecule has 0 fully saturated rings. The Morgan fingerprint density at radius 2 is 2.07 bits per heavy atom. The average Bonchev–Trinajstić information content (AvgIpc) is 2.39. The lowest BCUT2D eigenvalue weighted by Crippen LogP contribution is -2.19. The molecule has 0 saturated carbocycles. The van der Waals surface area contributed by atoms with Crippen LogP contribution in [0.4, 0.5) is 0 Å². The minimum absolute atomic E-state index is 0.0872. The number of carbonyl (C=O) groups excluding carboxylic acids is 1. The van der Waals surface area contributed by atoms with Gasteiger partial charge in [-0.2, -0.15) is 0 Å². The highest BCUT2D eigenvalue weighted by Gasteiger charge is 2.29. The quantitative estimate of drug-likeness (QED) is 0.647. The van der Waals surface area contributed by atoms with Crippen LogP contribution >= 0.6 is 0 Å². The van der Waals surface area contributed by atoms with E-state index in [1.807, 2.05) is 0 Å². The van der Waals surface area contributed by atoms with E-state index in [0.717, 1.165) is 0 Å². The van der Waals surface area contributed by atoms with Crippen LogP contribution in [0, 0.1) is 0 Å². The van der Waals surface area contributed by atoms with Gasteiger partial charge in [-0.05, 0) is 0 Å². The summed E-state index contributed by atoms with van der Waals surface area (Å²) in [7, 11) is -3.26. The fourth-order valence-corrected chi connectivity index (χ4v) is 2.95. The molecule has 0 saturated heterocycles. The molecule has 1 N–H and O–H groups in total. The smallest absolute Gasteiger partial charge is 0.255 e. The molecule has 1 aromatic heterocycles. The van der Waals surface area contributed by atoms with E-state index in [-0.39, 0.29) is 34.4 Å². The second-order valence-corrected chi connectivity index (χ2v) is 5.49. The zero-order valence-electron chi connectivity index (χ0n) is 7.90. The second kappa shape index (κ2) is 2.99. The van der Waals surface area contributed by atoms with Crippen molar-refractivity contribution in [3.05, 3.63) is 27.4 Å². The van der Waals surface area contributed by atoms with Crippen molar-refractivity contribution in [3.63, 3.8) is 0 Å². The van der Waals surface area contributed by atoms with Crippen molar-refractivity contribution in [1.29, 1.82) is 0 Å². The van der Waals surface area contributed by atoms with Crippen LogP contribution in [0.1, 0.15) is 28.8 Å². The van der Waals surface area contributed by atoms with Crippen LogP contribution in [0.5, 0.6) is 0 Å². The summed E-state index contributed by atoms with van der Waals surface area (Å²) in [6.45, 7) is 1.26. The van der Waals surface area contributed by atoms with E-state index in [1.54, 1.807) is 0 Å². The van der Waals surface area contributed by atoms with Gasteiger partial charge >= 0.3 is 0 Å². The Morgan fingerprint density at radius 1 is 1.40 bits per heavy atom. The maximum absolute atomic E-state index is 11.4. The van der Waals surface area contributed by atoms with Crippen LogP contribution in [-0.4, -0.2) is 24.2 Å². The van der Waals surface area contributed by atoms with Crippen molar-refractivity contribution in [1.82, 2.24) is 9.97 Å². The molecule has 0 radical (unpaired) electrons. The van der Waals surface area contributed by atoms with E-state index in [4.69, 9.17) is 0 Å². The molecule has 6 nitrogen and oxygen atoms in total.